The number of benzene rings is 1. The minimum Gasteiger partial charge on any atom is -0.489 e. The van der Waals surface area contributed by atoms with E-state index >= 15 is 0 Å². The molecule has 0 saturated heterocycles. The highest BCUT2D eigenvalue weighted by Crippen LogP contribution is 2.41. The molecular weight excluding hydrogens is 350 g/mol. The van der Waals surface area contributed by atoms with Gasteiger partial charge in [0.2, 0.25) is 10.0 Å². The summed E-state index contributed by atoms with van der Waals surface area (Å²) in [6, 6.07) is 2.05. The lowest BCUT2D eigenvalue weighted by atomic mass is 9.83. The number of hydrogen-bond acceptors (Lipinski definition) is 7. The van der Waals surface area contributed by atoms with Crippen LogP contribution in [0.4, 0.5) is 11.4 Å². The second-order valence-corrected chi connectivity index (χ2v) is 8.24. The number of anilines is 1. The molecule has 1 aliphatic heterocycles. The van der Waals surface area contributed by atoms with Crippen LogP contribution in [0.25, 0.3) is 0 Å². The number of aliphatic hydroxyl groups excluding tert-OH is 1. The van der Waals surface area contributed by atoms with Crippen LogP contribution in [0.15, 0.2) is 17.0 Å². The molecule has 1 heterocycles. The van der Waals surface area contributed by atoms with Gasteiger partial charge in [0.25, 0.3) is 5.69 Å². The Morgan fingerprint density at radius 3 is 2.60 bits per heavy atom. The molecule has 1 aromatic carbocycles. The molecule has 3 rings (SSSR count). The van der Waals surface area contributed by atoms with E-state index in [0.717, 1.165) is 38.2 Å². The lowest BCUT2D eigenvalue weighted by molar-refractivity contribution is -0.384. The molecule has 1 saturated carbocycles. The fourth-order valence-electron chi connectivity index (χ4n) is 3.49. The van der Waals surface area contributed by atoms with Crippen LogP contribution in [-0.4, -0.2) is 37.2 Å². The Labute approximate surface area is 145 Å². The molecule has 138 valence electrons. The molecule has 10 heteroatoms. The van der Waals surface area contributed by atoms with E-state index in [2.05, 4.69) is 5.32 Å². The molecule has 25 heavy (non-hydrogen) atoms. The molecule has 0 bridgehead atoms. The van der Waals surface area contributed by atoms with E-state index in [1.165, 1.54) is 6.07 Å². The second-order valence-electron chi connectivity index (χ2n) is 6.68. The van der Waals surface area contributed by atoms with E-state index in [4.69, 9.17) is 9.88 Å². The smallest absolute Gasteiger partial charge is 0.297 e. The molecular formula is C15H21N3O6S. The van der Waals surface area contributed by atoms with Crippen molar-refractivity contribution in [2.45, 2.75) is 49.1 Å². The molecule has 1 aliphatic carbocycles. The van der Waals surface area contributed by atoms with Crippen molar-refractivity contribution in [3.8, 4) is 5.75 Å². The number of ether oxygens (including phenoxy) is 1. The third kappa shape index (κ3) is 4.02. The predicted octanol–water partition coefficient (Wildman–Crippen LogP) is 1.36. The highest BCUT2D eigenvalue weighted by atomic mass is 32.2. The quantitative estimate of drug-likeness (QED) is 0.535. The zero-order valence-electron chi connectivity index (χ0n) is 13.6. The first-order valence-corrected chi connectivity index (χ1v) is 9.71. The first kappa shape index (κ1) is 17.9. The monoisotopic (exact) mass is 371 g/mol. The van der Waals surface area contributed by atoms with Crippen LogP contribution >= 0.6 is 0 Å². The highest BCUT2D eigenvalue weighted by molar-refractivity contribution is 7.89. The van der Waals surface area contributed by atoms with Gasteiger partial charge < -0.3 is 15.2 Å². The summed E-state index contributed by atoms with van der Waals surface area (Å²) in [5, 5.41) is 29.1. The molecule has 1 atom stereocenters. The number of fused-ring (bicyclic) bond motifs is 1. The van der Waals surface area contributed by atoms with E-state index < -0.39 is 14.9 Å². The van der Waals surface area contributed by atoms with Gasteiger partial charge in [0, 0.05) is 12.1 Å². The van der Waals surface area contributed by atoms with Crippen molar-refractivity contribution in [1.82, 2.24) is 0 Å². The van der Waals surface area contributed by atoms with Gasteiger partial charge >= 0.3 is 0 Å². The number of nitro benzene ring substituents is 1. The normalized spacial score (nSPS) is 26.2. The van der Waals surface area contributed by atoms with Crippen LogP contribution in [0, 0.1) is 16.0 Å². The summed E-state index contributed by atoms with van der Waals surface area (Å²) in [4.78, 5) is 10.3. The number of sulfonamides is 1. The van der Waals surface area contributed by atoms with Gasteiger partial charge in [0.15, 0.2) is 11.4 Å². The fourth-order valence-corrected chi connectivity index (χ4v) is 4.04. The van der Waals surface area contributed by atoms with Crippen molar-refractivity contribution < 1.29 is 23.2 Å². The Hall–Kier alpha value is -1.91. The van der Waals surface area contributed by atoms with Gasteiger partial charge in [-0.25, -0.2) is 13.6 Å². The summed E-state index contributed by atoms with van der Waals surface area (Å²) >= 11 is 0. The van der Waals surface area contributed by atoms with E-state index in [0.29, 0.717) is 5.92 Å². The molecule has 0 radical (unpaired) electrons. The van der Waals surface area contributed by atoms with Crippen molar-refractivity contribution in [2.75, 3.05) is 11.9 Å². The van der Waals surface area contributed by atoms with Gasteiger partial charge in [0.05, 0.1) is 22.0 Å². The molecule has 4 N–H and O–H groups in total. The lowest BCUT2D eigenvalue weighted by Gasteiger charge is -2.32. The molecule has 9 nitrogen and oxygen atoms in total. The van der Waals surface area contributed by atoms with Gasteiger partial charge in [-0.3, -0.25) is 10.1 Å². The molecule has 0 aromatic heterocycles. The third-order valence-corrected chi connectivity index (χ3v) is 5.70. The summed E-state index contributed by atoms with van der Waals surface area (Å²) < 4.78 is 28.6. The Morgan fingerprint density at radius 1 is 1.32 bits per heavy atom. The van der Waals surface area contributed by atoms with Crippen LogP contribution in [0.5, 0.6) is 5.75 Å². The Bertz CT molecular complexity index is 774. The van der Waals surface area contributed by atoms with Crippen molar-refractivity contribution in [2.24, 2.45) is 11.1 Å². The average Bonchev–Trinajstić information content (AvgIpc) is 2.55. The Balaban J connectivity index is 1.81. The minimum absolute atomic E-state index is 0.105. The summed E-state index contributed by atoms with van der Waals surface area (Å²) in [5.74, 6) is 0.544. The number of nitro groups is 1. The number of rotatable bonds is 4. The van der Waals surface area contributed by atoms with Gasteiger partial charge in [-0.2, -0.15) is 0 Å². The molecule has 1 fully saturated rings. The maximum Gasteiger partial charge on any atom is 0.297 e. The summed E-state index contributed by atoms with van der Waals surface area (Å²) in [5.41, 5.74) is -0.185. The van der Waals surface area contributed by atoms with E-state index in [-0.39, 0.29) is 40.8 Å². The van der Waals surface area contributed by atoms with Crippen molar-refractivity contribution in [1.29, 1.82) is 0 Å². The van der Waals surface area contributed by atoms with Gasteiger partial charge in [-0.1, -0.05) is 0 Å². The van der Waals surface area contributed by atoms with Crippen LogP contribution < -0.4 is 15.2 Å². The lowest BCUT2D eigenvalue weighted by Crippen LogP contribution is -2.35. The van der Waals surface area contributed by atoms with Gasteiger partial charge in [0.1, 0.15) is 6.61 Å². The largest absolute Gasteiger partial charge is 0.489 e. The third-order valence-electron chi connectivity index (χ3n) is 4.80. The van der Waals surface area contributed by atoms with Crippen molar-refractivity contribution >= 4 is 21.4 Å². The summed E-state index contributed by atoms with van der Waals surface area (Å²) in [7, 11) is -4.07. The van der Waals surface area contributed by atoms with Crippen molar-refractivity contribution in [3.05, 3.63) is 22.2 Å². The second kappa shape index (κ2) is 6.77. The first-order valence-electron chi connectivity index (χ1n) is 8.16. The van der Waals surface area contributed by atoms with Crippen LogP contribution in [0.1, 0.15) is 32.1 Å². The first-order chi connectivity index (χ1) is 11.7. The summed E-state index contributed by atoms with van der Waals surface area (Å²) in [6.45, 7) is 0.289. The summed E-state index contributed by atoms with van der Waals surface area (Å²) in [6.07, 6.45) is 3.92. The van der Waals surface area contributed by atoms with E-state index in [9.17, 15) is 23.6 Å². The maximum atomic E-state index is 11.5. The zero-order chi connectivity index (χ0) is 18.2. The number of hydrogen-bond donors (Lipinski definition) is 3. The van der Waals surface area contributed by atoms with Crippen molar-refractivity contribution in [3.63, 3.8) is 0 Å². The van der Waals surface area contributed by atoms with Crippen LogP contribution in [-0.2, 0) is 10.0 Å². The number of nitrogens with one attached hydrogen (secondary N) is 1. The Kier molecular flexibility index (Phi) is 4.85. The number of aliphatic hydroxyl groups is 1. The maximum absolute atomic E-state index is 11.5. The highest BCUT2D eigenvalue weighted by Gasteiger charge is 2.31. The Morgan fingerprint density at radius 2 is 2.00 bits per heavy atom. The standard InChI is InChI=1S/C15H21N3O6S/c16-25(22,23)12-6-13(18(20)21)15-14(7-12)24-8-10(17-15)5-9-1-3-11(19)4-2-9/h6-7,9-11,17,19H,1-5,8H2,(H2,16,22,23)/t9-,10-,11-/m1/s1. The number of nitrogens with two attached hydrogens (primary N) is 1. The minimum atomic E-state index is -4.07. The van der Waals surface area contributed by atoms with Crippen LogP contribution in [0.2, 0.25) is 0 Å². The molecule has 0 spiro atoms. The topological polar surface area (TPSA) is 145 Å². The van der Waals surface area contributed by atoms with E-state index in [1.54, 1.807) is 0 Å². The van der Waals surface area contributed by atoms with E-state index in [1.807, 2.05) is 0 Å². The van der Waals surface area contributed by atoms with Gasteiger partial charge in [-0.05, 0) is 38.0 Å². The SMILES string of the molecule is NS(=O)(=O)c1cc2c(c([N+](=O)[O-])c1)N[C@H](C[C@H]1CC[C@H](O)CC1)CO2. The average molecular weight is 371 g/mol. The molecule has 0 amide bonds. The molecule has 0 unspecified atom stereocenters. The van der Waals surface area contributed by atoms with Gasteiger partial charge in [-0.15, -0.1) is 0 Å². The molecule has 2 aliphatic rings. The number of nitrogens with zero attached hydrogens (tertiary/aromatic N) is 1. The van der Waals surface area contributed by atoms with Crippen LogP contribution in [0.3, 0.4) is 0 Å². The number of primary sulfonamides is 1. The fraction of sp³-hybridized carbons (Fsp3) is 0.600. The predicted molar refractivity (Wildman–Crippen MR) is 90.0 cm³/mol. The zero-order valence-corrected chi connectivity index (χ0v) is 14.4. The molecule has 1 aromatic rings.